The summed E-state index contributed by atoms with van der Waals surface area (Å²) in [6, 6.07) is 10.5. The van der Waals surface area contributed by atoms with Crippen LogP contribution >= 0.6 is 0 Å². The smallest absolute Gasteiger partial charge is 0.229 e. The van der Waals surface area contributed by atoms with Gasteiger partial charge in [0.05, 0.1) is 26.4 Å². The van der Waals surface area contributed by atoms with Crippen molar-refractivity contribution in [2.75, 3.05) is 93.5 Å². The number of morpholine rings is 2. The number of hydrogen-bond acceptors (Lipinski definition) is 8. The largest absolute Gasteiger partial charge is 0.378 e. The van der Waals surface area contributed by atoms with Crippen LogP contribution in [0.1, 0.15) is 5.56 Å². The van der Waals surface area contributed by atoms with Gasteiger partial charge < -0.3 is 24.2 Å². The molecular weight excluding hydrogens is 411 g/mol. The minimum atomic E-state index is -0.319. The lowest BCUT2D eigenvalue weighted by Gasteiger charge is -2.37. The Labute approximate surface area is 188 Å². The molecule has 0 N–H and O–H groups in total. The Morgan fingerprint density at radius 3 is 1.81 bits per heavy atom. The Bertz CT molecular complexity index is 882. The van der Waals surface area contributed by atoms with Gasteiger partial charge in [0.2, 0.25) is 11.8 Å². The van der Waals surface area contributed by atoms with E-state index in [1.165, 1.54) is 5.56 Å². The normalized spacial score (nSPS) is 20.6. The van der Waals surface area contributed by atoms with Crippen LogP contribution in [0.5, 0.6) is 0 Å². The van der Waals surface area contributed by atoms with Crippen LogP contribution in [0.15, 0.2) is 30.3 Å². The number of benzene rings is 1. The van der Waals surface area contributed by atoms with Crippen molar-refractivity contribution in [3.05, 3.63) is 41.7 Å². The average Bonchev–Trinajstić information content (AvgIpc) is 2.86. The molecule has 9 heteroatoms. The average molecular weight is 443 g/mol. The highest BCUT2D eigenvalue weighted by atomic mass is 19.1. The summed E-state index contributed by atoms with van der Waals surface area (Å²) in [5.41, 5.74) is 1.30. The summed E-state index contributed by atoms with van der Waals surface area (Å²) in [5.74, 6) is 1.09. The zero-order valence-corrected chi connectivity index (χ0v) is 18.5. The minimum Gasteiger partial charge on any atom is -0.378 e. The molecule has 0 saturated carbocycles. The van der Waals surface area contributed by atoms with E-state index in [0.29, 0.717) is 57.1 Å². The van der Waals surface area contributed by atoms with Crippen LogP contribution in [0.3, 0.4) is 0 Å². The summed E-state index contributed by atoms with van der Waals surface area (Å²) in [7, 11) is 0. The molecule has 0 amide bonds. The SMILES string of the molecule is Fc1c(N2CCOCC2)nc(N2CCOCC2)nc1N1CCN(Cc2ccccc2)CC1. The molecule has 0 aliphatic carbocycles. The third-order valence-corrected chi connectivity index (χ3v) is 6.33. The molecule has 8 nitrogen and oxygen atoms in total. The van der Waals surface area contributed by atoms with Gasteiger partial charge in [0, 0.05) is 58.9 Å². The molecule has 0 radical (unpaired) electrons. The first kappa shape index (κ1) is 21.4. The second kappa shape index (κ2) is 9.97. The van der Waals surface area contributed by atoms with Crippen LogP contribution in [0.25, 0.3) is 0 Å². The Morgan fingerprint density at radius 2 is 1.22 bits per heavy atom. The summed E-state index contributed by atoms with van der Waals surface area (Å²) in [6.07, 6.45) is 0. The molecule has 3 saturated heterocycles. The van der Waals surface area contributed by atoms with E-state index < -0.39 is 0 Å². The summed E-state index contributed by atoms with van der Waals surface area (Å²) in [5, 5.41) is 0. The number of ether oxygens (including phenoxy) is 2. The van der Waals surface area contributed by atoms with E-state index in [9.17, 15) is 0 Å². The molecule has 0 bridgehead atoms. The molecule has 172 valence electrons. The molecule has 3 aliphatic rings. The quantitative estimate of drug-likeness (QED) is 0.693. The third kappa shape index (κ3) is 4.79. The van der Waals surface area contributed by atoms with Crippen LogP contribution in [0, 0.1) is 5.82 Å². The highest BCUT2D eigenvalue weighted by Gasteiger charge is 2.28. The standard InChI is InChI=1S/C23H31FN6O2/c24-20-21(28-8-6-27(7-9-28)18-19-4-2-1-3-5-19)25-23(30-12-16-32-17-13-30)26-22(20)29-10-14-31-15-11-29/h1-5H,6-18H2. The van der Waals surface area contributed by atoms with Crippen molar-refractivity contribution in [2.45, 2.75) is 6.54 Å². The van der Waals surface area contributed by atoms with E-state index in [2.05, 4.69) is 43.9 Å². The maximum absolute atomic E-state index is 15.7. The van der Waals surface area contributed by atoms with Gasteiger partial charge in [-0.15, -0.1) is 0 Å². The van der Waals surface area contributed by atoms with Crippen LogP contribution in [-0.2, 0) is 16.0 Å². The van der Waals surface area contributed by atoms with E-state index >= 15 is 4.39 Å². The zero-order valence-electron chi connectivity index (χ0n) is 18.5. The number of hydrogen-bond donors (Lipinski definition) is 0. The van der Waals surface area contributed by atoms with Crippen molar-refractivity contribution >= 4 is 17.6 Å². The number of rotatable bonds is 5. The second-order valence-corrected chi connectivity index (χ2v) is 8.43. The van der Waals surface area contributed by atoms with E-state index in [-0.39, 0.29) is 5.82 Å². The van der Waals surface area contributed by atoms with Crippen molar-refractivity contribution in [3.63, 3.8) is 0 Å². The first-order valence-electron chi connectivity index (χ1n) is 11.5. The zero-order chi connectivity index (χ0) is 21.8. The molecule has 1 aromatic carbocycles. The van der Waals surface area contributed by atoms with Gasteiger partial charge in [-0.2, -0.15) is 14.4 Å². The molecule has 0 atom stereocenters. The van der Waals surface area contributed by atoms with E-state index in [1.54, 1.807) is 0 Å². The maximum atomic E-state index is 15.7. The van der Waals surface area contributed by atoms with Crippen molar-refractivity contribution in [2.24, 2.45) is 0 Å². The van der Waals surface area contributed by atoms with Crippen LogP contribution in [-0.4, -0.2) is 93.7 Å². The lowest BCUT2D eigenvalue weighted by atomic mass is 10.2. The lowest BCUT2D eigenvalue weighted by Crippen LogP contribution is -2.47. The van der Waals surface area contributed by atoms with Gasteiger partial charge in [-0.25, -0.2) is 0 Å². The number of nitrogens with zero attached hydrogens (tertiary/aromatic N) is 6. The monoisotopic (exact) mass is 442 g/mol. The molecule has 5 rings (SSSR count). The number of halogens is 1. The van der Waals surface area contributed by atoms with Crippen molar-refractivity contribution in [3.8, 4) is 0 Å². The van der Waals surface area contributed by atoms with Crippen LogP contribution in [0.2, 0.25) is 0 Å². The summed E-state index contributed by atoms with van der Waals surface area (Å²) >= 11 is 0. The molecule has 2 aromatic rings. The molecule has 1 aromatic heterocycles. The highest BCUT2D eigenvalue weighted by Crippen LogP contribution is 2.30. The molecule has 32 heavy (non-hydrogen) atoms. The summed E-state index contributed by atoms with van der Waals surface area (Å²) < 4.78 is 26.7. The van der Waals surface area contributed by atoms with Crippen molar-refractivity contribution in [1.82, 2.24) is 14.9 Å². The summed E-state index contributed by atoms with van der Waals surface area (Å²) in [4.78, 5) is 18.0. The lowest BCUT2D eigenvalue weighted by molar-refractivity contribution is 0.121. The molecule has 4 heterocycles. The fourth-order valence-electron chi connectivity index (χ4n) is 4.47. The fraction of sp³-hybridized carbons (Fsp3) is 0.565. The number of aromatic nitrogens is 2. The topological polar surface area (TPSA) is 57.2 Å². The van der Waals surface area contributed by atoms with E-state index in [4.69, 9.17) is 14.5 Å². The van der Waals surface area contributed by atoms with Gasteiger partial charge in [0.15, 0.2) is 11.6 Å². The second-order valence-electron chi connectivity index (χ2n) is 8.43. The predicted octanol–water partition coefficient (Wildman–Crippen LogP) is 1.61. The molecule has 3 fully saturated rings. The first-order chi connectivity index (χ1) is 15.8. The van der Waals surface area contributed by atoms with Gasteiger partial charge in [0.1, 0.15) is 0 Å². The Balaban J connectivity index is 1.36. The van der Waals surface area contributed by atoms with Crippen molar-refractivity contribution in [1.29, 1.82) is 0 Å². The number of anilines is 3. The third-order valence-electron chi connectivity index (χ3n) is 6.33. The predicted molar refractivity (Wildman–Crippen MR) is 122 cm³/mol. The van der Waals surface area contributed by atoms with Gasteiger partial charge >= 0.3 is 0 Å². The molecule has 3 aliphatic heterocycles. The fourth-order valence-corrected chi connectivity index (χ4v) is 4.47. The van der Waals surface area contributed by atoms with E-state index in [1.807, 2.05) is 11.0 Å². The Morgan fingerprint density at radius 1 is 0.688 bits per heavy atom. The van der Waals surface area contributed by atoms with Crippen molar-refractivity contribution < 1.29 is 13.9 Å². The Hall–Kier alpha value is -2.49. The minimum absolute atomic E-state index is 0.319. The van der Waals surface area contributed by atoms with Crippen LogP contribution < -0.4 is 14.7 Å². The molecule has 0 spiro atoms. The number of piperazine rings is 1. The van der Waals surface area contributed by atoms with Gasteiger partial charge in [-0.05, 0) is 5.56 Å². The maximum Gasteiger partial charge on any atom is 0.229 e. The van der Waals surface area contributed by atoms with Crippen LogP contribution in [0.4, 0.5) is 22.0 Å². The van der Waals surface area contributed by atoms with Gasteiger partial charge in [-0.1, -0.05) is 30.3 Å². The highest BCUT2D eigenvalue weighted by molar-refractivity contribution is 5.58. The van der Waals surface area contributed by atoms with Gasteiger partial charge in [-0.3, -0.25) is 4.90 Å². The van der Waals surface area contributed by atoms with E-state index in [0.717, 1.165) is 45.8 Å². The Kier molecular flexibility index (Phi) is 6.66. The molecular formula is C23H31FN6O2. The van der Waals surface area contributed by atoms with Gasteiger partial charge in [0.25, 0.3) is 0 Å². The summed E-state index contributed by atoms with van der Waals surface area (Å²) in [6.45, 7) is 9.32. The first-order valence-corrected chi connectivity index (χ1v) is 11.5. The molecule has 0 unspecified atom stereocenters.